The average Bonchev–Trinajstić information content (AvgIpc) is 1.90. The van der Waals surface area contributed by atoms with E-state index in [9.17, 15) is 0 Å². The summed E-state index contributed by atoms with van der Waals surface area (Å²) in [5, 5.41) is 0. The van der Waals surface area contributed by atoms with E-state index in [1.165, 1.54) is 0 Å². The number of allylic oxidation sites excluding steroid dienone is 3. The molecule has 0 aliphatic rings. The van der Waals surface area contributed by atoms with Crippen molar-refractivity contribution < 1.29 is 0 Å². The van der Waals surface area contributed by atoms with Gasteiger partial charge in [0.1, 0.15) is 0 Å². The average molecular weight is 269 g/mol. The maximum atomic E-state index is 3.71. The molecule has 0 aliphatic heterocycles. The molecule has 0 saturated carbocycles. The maximum absolute atomic E-state index is 3.71. The Morgan fingerprint density at radius 3 is 1.27 bits per heavy atom. The molecule has 0 aliphatic carbocycles. The van der Waals surface area contributed by atoms with E-state index in [0.717, 1.165) is 18.5 Å². The molecule has 0 fully saturated rings. The normalized spacial score (nSPS) is 8.45. The molecule has 2 heteroatoms. The fraction of sp³-hybridized carbons (Fsp3) is 0.333. The van der Waals surface area contributed by atoms with Gasteiger partial charge in [-0.25, -0.2) is 0 Å². The van der Waals surface area contributed by atoms with Gasteiger partial charge in [-0.3, -0.25) is 0 Å². The summed E-state index contributed by atoms with van der Waals surface area (Å²) in [4.78, 5) is 0. The van der Waals surface area contributed by atoms with Crippen LogP contribution in [0.5, 0.6) is 0 Å². The van der Waals surface area contributed by atoms with Crippen LogP contribution < -0.4 is 0 Å². The van der Waals surface area contributed by atoms with Crippen molar-refractivity contribution in [3.63, 3.8) is 0 Å². The van der Waals surface area contributed by atoms with E-state index in [4.69, 9.17) is 0 Å². The Labute approximate surface area is 90.0 Å². The van der Waals surface area contributed by atoms with E-state index in [1.54, 1.807) is 0 Å². The van der Waals surface area contributed by atoms with Crippen LogP contribution >= 0.6 is 7.92 Å². The van der Waals surface area contributed by atoms with Gasteiger partial charge >= 0.3 is 0 Å². The molecule has 0 spiro atoms. The fourth-order valence-electron chi connectivity index (χ4n) is 0.771. The number of rotatable bonds is 6. The molecular weight excluding hydrogens is 254 g/mol. The molecule has 0 nitrogen and oxygen atoms in total. The van der Waals surface area contributed by atoms with Gasteiger partial charge in [-0.1, -0.05) is 26.1 Å². The molecule has 0 aromatic rings. The first kappa shape index (κ1) is 14.1. The van der Waals surface area contributed by atoms with E-state index in [0.29, 0.717) is 0 Å². The van der Waals surface area contributed by atoms with E-state index < -0.39 is 0 Å². The van der Waals surface area contributed by atoms with Crippen LogP contribution in [0, 0.1) is 0 Å². The van der Waals surface area contributed by atoms with Gasteiger partial charge in [-0.05, 0) is 18.5 Å². The monoisotopic (exact) mass is 269 g/mol. The second kappa shape index (κ2) is 10.5. The van der Waals surface area contributed by atoms with E-state index in [-0.39, 0.29) is 33.8 Å². The van der Waals surface area contributed by atoms with Gasteiger partial charge in [0.15, 0.2) is 0 Å². The third kappa shape index (κ3) is 8.43. The minimum absolute atomic E-state index is 0. The molecule has 0 atom stereocenters. The SMILES string of the molecule is C=CCP(CC=C)CC=C.[In]. The van der Waals surface area contributed by atoms with Crippen molar-refractivity contribution in [2.24, 2.45) is 0 Å². The quantitative estimate of drug-likeness (QED) is 0.513. The summed E-state index contributed by atoms with van der Waals surface area (Å²) in [6.07, 6.45) is 9.35. The van der Waals surface area contributed by atoms with Crippen molar-refractivity contribution in [2.75, 3.05) is 18.5 Å². The fourth-order valence-corrected chi connectivity index (χ4v) is 2.31. The van der Waals surface area contributed by atoms with E-state index in [2.05, 4.69) is 19.7 Å². The Kier molecular flexibility index (Phi) is 13.5. The van der Waals surface area contributed by atoms with Crippen LogP contribution in [0.3, 0.4) is 0 Å². The Morgan fingerprint density at radius 1 is 0.818 bits per heavy atom. The molecule has 3 radical (unpaired) electrons. The zero-order valence-corrected chi connectivity index (χ0v) is 11.2. The minimum Gasteiger partial charge on any atom is -0.103 e. The molecule has 0 rings (SSSR count). The predicted molar refractivity (Wildman–Crippen MR) is 57.9 cm³/mol. The van der Waals surface area contributed by atoms with Gasteiger partial charge in [0.05, 0.1) is 0 Å². The summed E-state index contributed by atoms with van der Waals surface area (Å²) in [6, 6.07) is 0. The molecule has 0 saturated heterocycles. The first-order chi connectivity index (χ1) is 4.85. The van der Waals surface area contributed by atoms with E-state index in [1.807, 2.05) is 18.2 Å². The maximum Gasteiger partial charge on any atom is 0 e. The smallest absolute Gasteiger partial charge is 0 e. The second-order valence-electron chi connectivity index (χ2n) is 2.08. The van der Waals surface area contributed by atoms with Crippen molar-refractivity contribution in [2.45, 2.75) is 0 Å². The van der Waals surface area contributed by atoms with Crippen molar-refractivity contribution >= 4 is 33.8 Å². The van der Waals surface area contributed by atoms with Crippen LogP contribution in [0.4, 0.5) is 0 Å². The van der Waals surface area contributed by atoms with Crippen LogP contribution in [0.1, 0.15) is 0 Å². The van der Waals surface area contributed by atoms with Gasteiger partial charge in [0.25, 0.3) is 0 Å². The summed E-state index contributed by atoms with van der Waals surface area (Å²) in [7, 11) is 0.0849. The largest absolute Gasteiger partial charge is 0.103 e. The van der Waals surface area contributed by atoms with Gasteiger partial charge in [0, 0.05) is 25.8 Å². The van der Waals surface area contributed by atoms with Crippen LogP contribution in [0.15, 0.2) is 38.0 Å². The Hall–Kier alpha value is 0.520. The Bertz CT molecular complexity index is 97.0. The molecule has 0 unspecified atom stereocenters. The molecule has 0 aromatic carbocycles. The van der Waals surface area contributed by atoms with Crippen molar-refractivity contribution in [3.05, 3.63) is 38.0 Å². The van der Waals surface area contributed by atoms with Crippen LogP contribution in [-0.2, 0) is 0 Å². The Balaban J connectivity index is 0. The van der Waals surface area contributed by atoms with E-state index >= 15 is 0 Å². The van der Waals surface area contributed by atoms with Gasteiger partial charge in [-0.2, -0.15) is 0 Å². The summed E-state index contributed by atoms with van der Waals surface area (Å²) in [5.74, 6) is 0. The molecule has 0 N–H and O–H groups in total. The van der Waals surface area contributed by atoms with Crippen LogP contribution in [0.25, 0.3) is 0 Å². The third-order valence-corrected chi connectivity index (χ3v) is 3.49. The third-order valence-electron chi connectivity index (χ3n) is 1.16. The number of hydrogen-bond donors (Lipinski definition) is 0. The standard InChI is InChI=1S/C9H15P.In/c1-4-7-10(8-5-2)9-6-3;/h4-6H,1-3,7-9H2;. The van der Waals surface area contributed by atoms with Gasteiger partial charge in [-0.15, -0.1) is 19.7 Å². The second-order valence-corrected chi connectivity index (χ2v) is 4.52. The first-order valence-corrected chi connectivity index (χ1v) is 5.30. The molecule has 0 bridgehead atoms. The molecule has 0 amide bonds. The Morgan fingerprint density at radius 2 is 1.09 bits per heavy atom. The summed E-state index contributed by atoms with van der Waals surface area (Å²) in [6.45, 7) is 11.1. The molecule has 11 heavy (non-hydrogen) atoms. The molecular formula is C9H15InP. The van der Waals surface area contributed by atoms with Gasteiger partial charge < -0.3 is 0 Å². The minimum atomic E-state index is 0. The zero-order chi connectivity index (χ0) is 7.82. The van der Waals surface area contributed by atoms with Gasteiger partial charge in [0.2, 0.25) is 0 Å². The summed E-state index contributed by atoms with van der Waals surface area (Å²) in [5.41, 5.74) is 0. The van der Waals surface area contributed by atoms with Crippen molar-refractivity contribution in [1.29, 1.82) is 0 Å². The summed E-state index contributed by atoms with van der Waals surface area (Å²) < 4.78 is 0. The van der Waals surface area contributed by atoms with Crippen LogP contribution in [-0.4, -0.2) is 44.3 Å². The first-order valence-electron chi connectivity index (χ1n) is 3.40. The predicted octanol–water partition coefficient (Wildman–Crippen LogP) is 2.65. The van der Waals surface area contributed by atoms with Crippen molar-refractivity contribution in [1.82, 2.24) is 0 Å². The molecule has 0 heterocycles. The van der Waals surface area contributed by atoms with Crippen molar-refractivity contribution in [3.8, 4) is 0 Å². The molecule has 59 valence electrons. The number of hydrogen-bond acceptors (Lipinski definition) is 0. The summed E-state index contributed by atoms with van der Waals surface area (Å²) >= 11 is 0. The molecule has 0 aromatic heterocycles. The zero-order valence-electron chi connectivity index (χ0n) is 7.00. The van der Waals surface area contributed by atoms with Crippen LogP contribution in [0.2, 0.25) is 0 Å². The topological polar surface area (TPSA) is 0 Å².